The zero-order valence-electron chi connectivity index (χ0n) is 13.6. The summed E-state index contributed by atoms with van der Waals surface area (Å²) in [7, 11) is 4.01. The molecule has 0 saturated heterocycles. The fourth-order valence-corrected chi connectivity index (χ4v) is 2.41. The minimum absolute atomic E-state index is 0.388. The van der Waals surface area contributed by atoms with Gasteiger partial charge in [0.25, 0.3) is 5.89 Å². The fourth-order valence-electron chi connectivity index (χ4n) is 2.19. The van der Waals surface area contributed by atoms with E-state index in [-0.39, 0.29) is 0 Å². The number of nitrogens with zero attached hydrogens (tertiary/aromatic N) is 3. The van der Waals surface area contributed by atoms with Crippen molar-refractivity contribution in [3.05, 3.63) is 53.6 Å². The standard InChI is InChI=1S/C18H18ClN3O2/c1-22(2)11-12-23-16-10-6-4-8-14(16)17-20-18(24-21-17)13-7-3-5-9-15(13)19/h3-10H,11-12H2,1-2H3. The van der Waals surface area contributed by atoms with Gasteiger partial charge in [0.05, 0.1) is 16.1 Å². The van der Waals surface area contributed by atoms with Crippen LogP contribution in [-0.4, -0.2) is 42.3 Å². The number of halogens is 1. The number of hydrogen-bond donors (Lipinski definition) is 0. The van der Waals surface area contributed by atoms with Crippen molar-refractivity contribution in [3.8, 4) is 28.6 Å². The Hall–Kier alpha value is -2.37. The minimum Gasteiger partial charge on any atom is -0.491 e. The van der Waals surface area contributed by atoms with E-state index in [1.165, 1.54) is 0 Å². The Labute approximate surface area is 145 Å². The van der Waals surface area contributed by atoms with Crippen molar-refractivity contribution in [1.29, 1.82) is 0 Å². The smallest absolute Gasteiger partial charge is 0.259 e. The fraction of sp³-hybridized carbons (Fsp3) is 0.222. The van der Waals surface area contributed by atoms with Crippen LogP contribution < -0.4 is 4.74 Å². The van der Waals surface area contributed by atoms with Gasteiger partial charge in [-0.2, -0.15) is 4.98 Å². The lowest BCUT2D eigenvalue weighted by molar-refractivity contribution is 0.262. The summed E-state index contributed by atoms with van der Waals surface area (Å²) in [4.78, 5) is 6.52. The van der Waals surface area contributed by atoms with E-state index in [1.807, 2.05) is 56.6 Å². The Morgan fingerprint density at radius 2 is 1.75 bits per heavy atom. The van der Waals surface area contributed by atoms with Gasteiger partial charge in [0.2, 0.25) is 5.82 Å². The molecular weight excluding hydrogens is 326 g/mol. The van der Waals surface area contributed by atoms with E-state index in [9.17, 15) is 0 Å². The van der Waals surface area contributed by atoms with Gasteiger partial charge >= 0.3 is 0 Å². The molecule has 24 heavy (non-hydrogen) atoms. The first kappa shape index (κ1) is 16.5. The Balaban J connectivity index is 1.87. The van der Waals surface area contributed by atoms with Gasteiger partial charge in [-0.1, -0.05) is 41.0 Å². The van der Waals surface area contributed by atoms with E-state index in [1.54, 1.807) is 6.07 Å². The highest BCUT2D eigenvalue weighted by Gasteiger charge is 2.16. The molecule has 3 aromatic rings. The summed E-state index contributed by atoms with van der Waals surface area (Å²) in [5, 5.41) is 4.65. The van der Waals surface area contributed by atoms with Crippen LogP contribution in [0.4, 0.5) is 0 Å². The average molecular weight is 344 g/mol. The molecule has 1 aromatic heterocycles. The van der Waals surface area contributed by atoms with Gasteiger partial charge < -0.3 is 14.2 Å². The van der Waals surface area contributed by atoms with Gasteiger partial charge in [-0.3, -0.25) is 0 Å². The third-order valence-electron chi connectivity index (χ3n) is 3.45. The maximum Gasteiger partial charge on any atom is 0.259 e. The van der Waals surface area contributed by atoms with Crippen LogP contribution in [0.25, 0.3) is 22.8 Å². The average Bonchev–Trinajstić information content (AvgIpc) is 3.05. The van der Waals surface area contributed by atoms with E-state index in [2.05, 4.69) is 15.0 Å². The Kier molecular flexibility index (Phi) is 5.13. The maximum atomic E-state index is 6.19. The quantitative estimate of drug-likeness (QED) is 0.677. The lowest BCUT2D eigenvalue weighted by atomic mass is 10.2. The first-order chi connectivity index (χ1) is 11.6. The first-order valence-electron chi connectivity index (χ1n) is 7.60. The molecule has 0 aliphatic carbocycles. The number of aromatic nitrogens is 2. The summed E-state index contributed by atoms with van der Waals surface area (Å²) in [6.07, 6.45) is 0. The number of para-hydroxylation sites is 1. The van der Waals surface area contributed by atoms with Crippen LogP contribution in [0.2, 0.25) is 5.02 Å². The second-order valence-electron chi connectivity index (χ2n) is 5.55. The van der Waals surface area contributed by atoms with Crippen LogP contribution in [0.3, 0.4) is 0 Å². The highest BCUT2D eigenvalue weighted by Crippen LogP contribution is 2.31. The highest BCUT2D eigenvalue weighted by molar-refractivity contribution is 6.33. The normalized spacial score (nSPS) is 11.0. The van der Waals surface area contributed by atoms with Crippen molar-refractivity contribution >= 4 is 11.6 Å². The van der Waals surface area contributed by atoms with Crippen LogP contribution >= 0.6 is 11.6 Å². The van der Waals surface area contributed by atoms with Crippen molar-refractivity contribution in [3.63, 3.8) is 0 Å². The third kappa shape index (κ3) is 3.75. The minimum atomic E-state index is 0.388. The summed E-state index contributed by atoms with van der Waals surface area (Å²) in [5.74, 6) is 1.59. The predicted molar refractivity (Wildman–Crippen MR) is 94.2 cm³/mol. The Bertz CT molecular complexity index is 817. The molecule has 0 radical (unpaired) electrons. The monoisotopic (exact) mass is 343 g/mol. The van der Waals surface area contributed by atoms with Crippen LogP contribution in [0.1, 0.15) is 0 Å². The zero-order chi connectivity index (χ0) is 16.9. The molecule has 0 bridgehead atoms. The lowest BCUT2D eigenvalue weighted by Crippen LogP contribution is -2.19. The third-order valence-corrected chi connectivity index (χ3v) is 3.78. The Morgan fingerprint density at radius 3 is 2.50 bits per heavy atom. The summed E-state index contributed by atoms with van der Waals surface area (Å²) in [5.41, 5.74) is 1.50. The van der Waals surface area contributed by atoms with Crippen molar-refractivity contribution in [1.82, 2.24) is 15.0 Å². The van der Waals surface area contributed by atoms with Gasteiger partial charge in [0.15, 0.2) is 0 Å². The summed E-state index contributed by atoms with van der Waals surface area (Å²) in [6.45, 7) is 1.41. The lowest BCUT2D eigenvalue weighted by Gasteiger charge is -2.12. The molecular formula is C18H18ClN3O2. The summed E-state index contributed by atoms with van der Waals surface area (Å²) >= 11 is 6.19. The topological polar surface area (TPSA) is 51.4 Å². The van der Waals surface area contributed by atoms with E-state index in [0.717, 1.165) is 17.9 Å². The zero-order valence-corrected chi connectivity index (χ0v) is 14.3. The SMILES string of the molecule is CN(C)CCOc1ccccc1-c1noc(-c2ccccc2Cl)n1. The van der Waals surface area contributed by atoms with Crippen LogP contribution in [0.15, 0.2) is 53.1 Å². The highest BCUT2D eigenvalue weighted by atomic mass is 35.5. The van der Waals surface area contributed by atoms with Gasteiger partial charge in [0.1, 0.15) is 12.4 Å². The van der Waals surface area contributed by atoms with Gasteiger partial charge in [-0.25, -0.2) is 0 Å². The molecule has 0 atom stereocenters. The van der Waals surface area contributed by atoms with Crippen LogP contribution in [-0.2, 0) is 0 Å². The van der Waals surface area contributed by atoms with Gasteiger partial charge in [-0.15, -0.1) is 0 Å². The van der Waals surface area contributed by atoms with E-state index < -0.39 is 0 Å². The predicted octanol–water partition coefficient (Wildman–Crippen LogP) is 4.00. The molecule has 0 aliphatic rings. The molecule has 0 fully saturated rings. The molecule has 2 aromatic carbocycles. The molecule has 0 aliphatic heterocycles. The molecule has 5 nitrogen and oxygen atoms in total. The molecule has 0 unspecified atom stereocenters. The summed E-state index contributed by atoms with van der Waals surface area (Å²) in [6, 6.07) is 15.0. The number of ether oxygens (including phenoxy) is 1. The van der Waals surface area contributed by atoms with Gasteiger partial charge in [-0.05, 0) is 38.4 Å². The van der Waals surface area contributed by atoms with E-state index in [4.69, 9.17) is 20.9 Å². The van der Waals surface area contributed by atoms with Crippen molar-refractivity contribution in [2.24, 2.45) is 0 Å². The maximum absolute atomic E-state index is 6.19. The van der Waals surface area contributed by atoms with Crippen molar-refractivity contribution in [2.75, 3.05) is 27.2 Å². The second kappa shape index (κ2) is 7.47. The molecule has 0 N–H and O–H groups in total. The largest absolute Gasteiger partial charge is 0.491 e. The number of rotatable bonds is 6. The summed E-state index contributed by atoms with van der Waals surface area (Å²) < 4.78 is 11.2. The molecule has 0 saturated carbocycles. The van der Waals surface area contributed by atoms with Crippen molar-refractivity contribution in [2.45, 2.75) is 0 Å². The van der Waals surface area contributed by atoms with Crippen LogP contribution in [0, 0.1) is 0 Å². The van der Waals surface area contributed by atoms with Crippen LogP contribution in [0.5, 0.6) is 5.75 Å². The Morgan fingerprint density at radius 1 is 1.04 bits per heavy atom. The van der Waals surface area contributed by atoms with E-state index in [0.29, 0.717) is 28.9 Å². The number of benzene rings is 2. The molecule has 3 rings (SSSR count). The van der Waals surface area contributed by atoms with Gasteiger partial charge in [0, 0.05) is 6.54 Å². The molecule has 124 valence electrons. The second-order valence-corrected chi connectivity index (χ2v) is 5.96. The molecule has 0 spiro atoms. The number of hydrogen-bond acceptors (Lipinski definition) is 5. The number of likely N-dealkylation sites (N-methyl/N-ethyl adjacent to an activating group) is 1. The van der Waals surface area contributed by atoms with E-state index >= 15 is 0 Å². The molecule has 1 heterocycles. The molecule has 6 heteroatoms. The van der Waals surface area contributed by atoms with Crippen molar-refractivity contribution < 1.29 is 9.26 Å². The first-order valence-corrected chi connectivity index (χ1v) is 7.98. The molecule has 0 amide bonds.